The van der Waals surface area contributed by atoms with Crippen molar-refractivity contribution in [3.63, 3.8) is 0 Å². The number of carbonyl (C=O) groups excluding carboxylic acids is 1. The maximum Gasteiger partial charge on any atom is 0.310 e. The molecule has 2 aliphatic rings. The summed E-state index contributed by atoms with van der Waals surface area (Å²) < 4.78 is 46.5. The van der Waals surface area contributed by atoms with E-state index < -0.39 is 15.9 Å². The van der Waals surface area contributed by atoms with E-state index in [1.807, 2.05) is 32.0 Å². The van der Waals surface area contributed by atoms with Crippen LogP contribution in [0.1, 0.15) is 50.3 Å². The van der Waals surface area contributed by atoms with Crippen molar-refractivity contribution >= 4 is 16.1 Å². The summed E-state index contributed by atoms with van der Waals surface area (Å²) in [5.74, 6) is -0.998. The Morgan fingerprint density at radius 2 is 1.77 bits per heavy atom. The second kappa shape index (κ2) is 12.1. The van der Waals surface area contributed by atoms with Crippen molar-refractivity contribution in [1.29, 1.82) is 0 Å². The number of nitrogens with one attached hydrogen (secondary N) is 1. The Hall–Kier alpha value is -2.30. The van der Waals surface area contributed by atoms with Crippen molar-refractivity contribution in [2.45, 2.75) is 62.8 Å². The highest BCUT2D eigenvalue weighted by molar-refractivity contribution is 7.85. The van der Waals surface area contributed by atoms with E-state index in [0.717, 1.165) is 18.4 Å². The molecule has 1 aliphatic carbocycles. The van der Waals surface area contributed by atoms with Crippen LogP contribution in [0.2, 0.25) is 0 Å². The number of carbonyl (C=O) groups is 1. The van der Waals surface area contributed by atoms with E-state index in [0.29, 0.717) is 26.2 Å². The predicted octanol–water partition coefficient (Wildman–Crippen LogP) is 4.05. The minimum absolute atomic E-state index is 0.0666. The van der Waals surface area contributed by atoms with Gasteiger partial charge in [0.25, 0.3) is 10.1 Å². The monoisotopic (exact) mass is 505 g/mol. The van der Waals surface area contributed by atoms with Crippen LogP contribution in [0, 0.1) is 12.8 Å². The van der Waals surface area contributed by atoms with Crippen molar-refractivity contribution in [1.82, 2.24) is 5.32 Å². The highest BCUT2D eigenvalue weighted by Gasteiger charge is 2.48. The average Bonchev–Trinajstić information content (AvgIpc) is 3.29. The van der Waals surface area contributed by atoms with Crippen molar-refractivity contribution in [2.75, 3.05) is 19.8 Å². The molecule has 9 heteroatoms. The van der Waals surface area contributed by atoms with Crippen molar-refractivity contribution in [3.8, 4) is 0 Å². The standard InChI is InChI=1S/C19H27NO4.C7H8O3S/c1-3-22-18(21)16-13-19(23-11-12-24-19)10-9-17(16)20-14(2)15-7-5-4-6-8-15;1-6-2-4-7(5-3-6)11(8,9)10/h4-8,14,16-17,20H,3,9-13H2,1-2H3;2-5H,1H3,(H,8,9,10)/t14-,16+,17-;/m1./s1. The van der Waals surface area contributed by atoms with Gasteiger partial charge in [0, 0.05) is 24.9 Å². The first-order valence-corrected chi connectivity index (χ1v) is 13.4. The summed E-state index contributed by atoms with van der Waals surface area (Å²) in [6, 6.07) is 16.5. The fourth-order valence-electron chi connectivity index (χ4n) is 4.48. The third-order valence-corrected chi connectivity index (χ3v) is 7.21. The molecule has 35 heavy (non-hydrogen) atoms. The van der Waals surface area contributed by atoms with E-state index in [2.05, 4.69) is 24.4 Å². The predicted molar refractivity (Wildman–Crippen MR) is 131 cm³/mol. The zero-order valence-corrected chi connectivity index (χ0v) is 21.3. The number of hydrogen-bond donors (Lipinski definition) is 2. The van der Waals surface area contributed by atoms with Crippen LogP contribution in [0.4, 0.5) is 0 Å². The molecule has 8 nitrogen and oxygen atoms in total. The molecule has 4 rings (SSSR count). The van der Waals surface area contributed by atoms with Crippen LogP contribution >= 0.6 is 0 Å². The Morgan fingerprint density at radius 3 is 2.34 bits per heavy atom. The summed E-state index contributed by atoms with van der Waals surface area (Å²) >= 11 is 0. The summed E-state index contributed by atoms with van der Waals surface area (Å²) in [5.41, 5.74) is 2.17. The number of rotatable bonds is 6. The van der Waals surface area contributed by atoms with Crippen LogP contribution < -0.4 is 5.32 Å². The number of aryl methyl sites for hydroxylation is 1. The quantitative estimate of drug-likeness (QED) is 0.447. The number of ether oxygens (including phenoxy) is 3. The van der Waals surface area contributed by atoms with Gasteiger partial charge in [-0.1, -0.05) is 48.0 Å². The highest BCUT2D eigenvalue weighted by Crippen LogP contribution is 2.40. The molecule has 1 spiro atoms. The maximum absolute atomic E-state index is 12.5. The van der Waals surface area contributed by atoms with Crippen molar-refractivity contribution in [3.05, 3.63) is 65.7 Å². The molecule has 1 saturated carbocycles. The summed E-state index contributed by atoms with van der Waals surface area (Å²) in [5, 5.41) is 3.62. The Bertz CT molecular complexity index is 1050. The van der Waals surface area contributed by atoms with Crippen molar-refractivity contribution in [2.24, 2.45) is 5.92 Å². The zero-order chi connectivity index (χ0) is 25.5. The molecule has 192 valence electrons. The lowest BCUT2D eigenvalue weighted by atomic mass is 9.80. The third kappa shape index (κ3) is 7.59. The van der Waals surface area contributed by atoms with E-state index >= 15 is 0 Å². The van der Waals surface area contributed by atoms with E-state index in [1.165, 1.54) is 17.7 Å². The molecular weight excluding hydrogens is 470 g/mol. The lowest BCUT2D eigenvalue weighted by Crippen LogP contribution is -2.51. The molecule has 2 aromatic carbocycles. The first-order valence-electron chi connectivity index (χ1n) is 11.9. The summed E-state index contributed by atoms with van der Waals surface area (Å²) in [6.45, 7) is 7.42. The topological polar surface area (TPSA) is 111 Å². The largest absolute Gasteiger partial charge is 0.466 e. The number of benzene rings is 2. The molecule has 1 aliphatic heterocycles. The van der Waals surface area contributed by atoms with E-state index in [1.54, 1.807) is 12.1 Å². The molecular formula is C26H35NO7S. The maximum atomic E-state index is 12.5. The Kier molecular flexibility index (Phi) is 9.43. The molecule has 0 amide bonds. The summed E-state index contributed by atoms with van der Waals surface area (Å²) in [4.78, 5) is 12.4. The van der Waals surface area contributed by atoms with E-state index in [4.69, 9.17) is 18.8 Å². The highest BCUT2D eigenvalue weighted by atomic mass is 32.2. The van der Waals surface area contributed by atoms with E-state index in [-0.39, 0.29) is 28.9 Å². The average molecular weight is 506 g/mol. The molecule has 0 bridgehead atoms. The molecule has 2 aromatic rings. The smallest absolute Gasteiger partial charge is 0.310 e. The lowest BCUT2D eigenvalue weighted by molar-refractivity contribution is -0.199. The SMILES string of the molecule is CCOC(=O)[C@H]1CC2(CC[C@H]1N[C@H](C)c1ccccc1)OCCO2.Cc1ccc(S(=O)(=O)O)cc1. The van der Waals surface area contributed by atoms with Gasteiger partial charge in [-0.15, -0.1) is 0 Å². The fraction of sp³-hybridized carbons (Fsp3) is 0.500. The second-order valence-electron chi connectivity index (χ2n) is 8.90. The van der Waals surface area contributed by atoms with Gasteiger partial charge in [-0.25, -0.2) is 0 Å². The Morgan fingerprint density at radius 1 is 1.14 bits per heavy atom. The number of esters is 1. The van der Waals surface area contributed by atoms with Gasteiger partial charge >= 0.3 is 5.97 Å². The molecule has 0 radical (unpaired) electrons. The van der Waals surface area contributed by atoms with Gasteiger partial charge in [-0.2, -0.15) is 8.42 Å². The van der Waals surface area contributed by atoms with Crippen LogP contribution in [-0.4, -0.2) is 50.6 Å². The van der Waals surface area contributed by atoms with Crippen LogP contribution in [0.3, 0.4) is 0 Å². The molecule has 1 heterocycles. The fourth-order valence-corrected chi connectivity index (χ4v) is 4.96. The summed E-state index contributed by atoms with van der Waals surface area (Å²) in [7, 11) is -4.02. The molecule has 0 unspecified atom stereocenters. The van der Waals surface area contributed by atoms with Gasteiger partial charge in [0.1, 0.15) is 0 Å². The van der Waals surface area contributed by atoms with Gasteiger partial charge in [-0.3, -0.25) is 9.35 Å². The molecule has 2 N–H and O–H groups in total. The first kappa shape index (κ1) is 27.3. The van der Waals surface area contributed by atoms with E-state index in [9.17, 15) is 13.2 Å². The normalized spacial score (nSPS) is 22.2. The lowest BCUT2D eigenvalue weighted by Gasteiger charge is -2.41. The molecule has 0 aromatic heterocycles. The van der Waals surface area contributed by atoms with Crippen LogP contribution in [0.15, 0.2) is 59.5 Å². The van der Waals surface area contributed by atoms with Gasteiger partial charge in [-0.05, 0) is 44.9 Å². The molecule has 3 atom stereocenters. The number of hydrogen-bond acceptors (Lipinski definition) is 7. The zero-order valence-electron chi connectivity index (χ0n) is 20.5. The molecule has 2 fully saturated rings. The third-order valence-electron chi connectivity index (χ3n) is 6.34. The van der Waals surface area contributed by atoms with Gasteiger partial charge < -0.3 is 19.5 Å². The minimum atomic E-state index is -4.02. The second-order valence-corrected chi connectivity index (χ2v) is 10.3. The Balaban J connectivity index is 0.000000261. The van der Waals surface area contributed by atoms with Crippen molar-refractivity contribution < 1.29 is 32.0 Å². The van der Waals surface area contributed by atoms with Gasteiger partial charge in [0.05, 0.1) is 30.6 Å². The summed E-state index contributed by atoms with van der Waals surface area (Å²) in [6.07, 6.45) is 2.20. The minimum Gasteiger partial charge on any atom is -0.466 e. The van der Waals surface area contributed by atoms with Gasteiger partial charge in [0.15, 0.2) is 5.79 Å². The molecule has 1 saturated heterocycles. The van der Waals surface area contributed by atoms with Crippen LogP contribution in [0.5, 0.6) is 0 Å². The first-order chi connectivity index (χ1) is 16.6. The van der Waals surface area contributed by atoms with Gasteiger partial charge in [0.2, 0.25) is 0 Å². The van der Waals surface area contributed by atoms with Crippen LogP contribution in [-0.2, 0) is 29.1 Å². The Labute approximate surface area is 207 Å². The van der Waals surface area contributed by atoms with Crippen LogP contribution in [0.25, 0.3) is 0 Å².